The maximum Gasteiger partial charge on any atom is 0.257 e. The Labute approximate surface area is 125 Å². The number of hydrogen-bond donors (Lipinski definition) is 3. The molecule has 0 fully saturated rings. The van der Waals surface area contributed by atoms with Crippen molar-refractivity contribution in [2.24, 2.45) is 10.9 Å². The summed E-state index contributed by atoms with van der Waals surface area (Å²) in [5.41, 5.74) is 5.99. The molecule has 7 nitrogen and oxygen atoms in total. The second-order valence-electron chi connectivity index (χ2n) is 4.28. The van der Waals surface area contributed by atoms with Crippen molar-refractivity contribution in [3.63, 3.8) is 0 Å². The Hall–Kier alpha value is -2.09. The van der Waals surface area contributed by atoms with Gasteiger partial charge in [0, 0.05) is 34.9 Å². The molecule has 1 unspecified atom stereocenters. The first-order valence-corrected chi connectivity index (χ1v) is 8.03. The molecule has 0 saturated heterocycles. The first kappa shape index (κ1) is 17.0. The number of benzene rings is 1. The van der Waals surface area contributed by atoms with Gasteiger partial charge in [0.05, 0.1) is 0 Å². The van der Waals surface area contributed by atoms with Gasteiger partial charge in [-0.05, 0) is 30.7 Å². The zero-order valence-electron chi connectivity index (χ0n) is 11.7. The van der Waals surface area contributed by atoms with Crippen LogP contribution in [-0.4, -0.2) is 46.3 Å². The lowest BCUT2D eigenvalue weighted by Gasteiger charge is -2.07. The summed E-state index contributed by atoms with van der Waals surface area (Å²) in [7, 11) is -0.841. The van der Waals surface area contributed by atoms with Gasteiger partial charge < -0.3 is 21.0 Å². The molecule has 1 aromatic carbocycles. The van der Waals surface area contributed by atoms with Gasteiger partial charge in [-0.25, -0.2) is 0 Å². The quantitative estimate of drug-likeness (QED) is 0.206. The Kier molecular flexibility index (Phi) is 7.24. The predicted octanol–water partition coefficient (Wildman–Crippen LogP) is 0.0447. The van der Waals surface area contributed by atoms with E-state index in [2.05, 4.69) is 10.5 Å². The first-order valence-electron chi connectivity index (χ1n) is 6.30. The van der Waals surface area contributed by atoms with E-state index < -0.39 is 10.8 Å². The summed E-state index contributed by atoms with van der Waals surface area (Å²) in [4.78, 5) is 11.5. The highest BCUT2D eigenvalue weighted by Crippen LogP contribution is 2.11. The van der Waals surface area contributed by atoms with Gasteiger partial charge in [0.2, 0.25) is 0 Å². The van der Waals surface area contributed by atoms with Crippen LogP contribution in [0, 0.1) is 0 Å². The highest BCUT2D eigenvalue weighted by atomic mass is 32.2. The van der Waals surface area contributed by atoms with Gasteiger partial charge in [-0.1, -0.05) is 5.16 Å². The highest BCUT2D eigenvalue weighted by Gasteiger charge is 2.04. The maximum atomic E-state index is 11.5. The Morgan fingerprint density at radius 2 is 2.10 bits per heavy atom. The van der Waals surface area contributed by atoms with E-state index in [1.165, 1.54) is 0 Å². The number of amidine groups is 1. The summed E-state index contributed by atoms with van der Waals surface area (Å²) in [6.45, 7) is 0.377. The average Bonchev–Trinajstić information content (AvgIpc) is 2.49. The minimum Gasteiger partial charge on any atom is -0.484 e. The first-order chi connectivity index (χ1) is 10.0. The third-order valence-corrected chi connectivity index (χ3v) is 3.42. The molecule has 0 aliphatic rings. The monoisotopic (exact) mass is 313 g/mol. The molecular weight excluding hydrogens is 294 g/mol. The smallest absolute Gasteiger partial charge is 0.257 e. The number of carbonyl (C=O) groups excluding carboxylic acids is 1. The van der Waals surface area contributed by atoms with Gasteiger partial charge in [-0.2, -0.15) is 0 Å². The third kappa shape index (κ3) is 6.75. The Morgan fingerprint density at radius 1 is 1.43 bits per heavy atom. The van der Waals surface area contributed by atoms with Crippen LogP contribution >= 0.6 is 0 Å². The molecule has 0 spiro atoms. The summed E-state index contributed by atoms with van der Waals surface area (Å²) in [6.07, 6.45) is 2.30. The minimum atomic E-state index is -0.841. The van der Waals surface area contributed by atoms with E-state index in [0.717, 1.165) is 0 Å². The molecule has 0 heterocycles. The van der Waals surface area contributed by atoms with Gasteiger partial charge in [-0.15, -0.1) is 0 Å². The van der Waals surface area contributed by atoms with Crippen LogP contribution < -0.4 is 15.8 Å². The van der Waals surface area contributed by atoms with E-state index >= 15 is 0 Å². The molecule has 0 radical (unpaired) electrons. The van der Waals surface area contributed by atoms with Crippen molar-refractivity contribution in [1.29, 1.82) is 0 Å². The van der Waals surface area contributed by atoms with Crippen molar-refractivity contribution >= 4 is 22.5 Å². The normalized spacial score (nSPS) is 12.7. The number of hydrogen-bond acceptors (Lipinski definition) is 5. The molecule has 0 bridgehead atoms. The highest BCUT2D eigenvalue weighted by molar-refractivity contribution is 7.84. The number of nitrogens with two attached hydrogens (primary N) is 1. The number of amides is 1. The lowest BCUT2D eigenvalue weighted by Crippen LogP contribution is -2.30. The molecule has 4 N–H and O–H groups in total. The fourth-order valence-corrected chi connectivity index (χ4v) is 2.03. The van der Waals surface area contributed by atoms with Crippen LogP contribution in [0.15, 0.2) is 29.4 Å². The van der Waals surface area contributed by atoms with E-state index in [1.807, 2.05) is 0 Å². The van der Waals surface area contributed by atoms with Gasteiger partial charge in [0.25, 0.3) is 5.91 Å². The second-order valence-corrected chi connectivity index (χ2v) is 5.83. The van der Waals surface area contributed by atoms with Crippen molar-refractivity contribution in [2.75, 3.05) is 25.2 Å². The SMILES string of the molecule is CS(=O)CCCNC(=O)COc1ccc(/C(N)=N/O)cc1. The molecular formula is C13H19N3O4S. The molecule has 0 saturated carbocycles. The minimum absolute atomic E-state index is 0.00704. The molecule has 1 amide bonds. The summed E-state index contributed by atoms with van der Waals surface area (Å²) in [5, 5.41) is 14.1. The van der Waals surface area contributed by atoms with Crippen LogP contribution in [0.3, 0.4) is 0 Å². The van der Waals surface area contributed by atoms with E-state index in [-0.39, 0.29) is 18.3 Å². The fraction of sp³-hybridized carbons (Fsp3) is 0.385. The number of oxime groups is 1. The van der Waals surface area contributed by atoms with Crippen molar-refractivity contribution < 1.29 is 18.9 Å². The zero-order chi connectivity index (χ0) is 15.7. The Balaban J connectivity index is 2.31. The summed E-state index contributed by atoms with van der Waals surface area (Å²) in [6, 6.07) is 6.50. The Bertz CT molecular complexity index is 517. The maximum absolute atomic E-state index is 11.5. The standard InChI is InChI=1S/C13H19N3O4S/c1-21(19)8-2-7-15-12(17)9-20-11-5-3-10(4-6-11)13(14)16-18/h3-6,18H,2,7-9H2,1H3,(H2,14,16)(H,15,17). The van der Waals surface area contributed by atoms with Crippen LogP contribution in [0.2, 0.25) is 0 Å². The number of nitrogens with zero attached hydrogens (tertiary/aromatic N) is 1. The van der Waals surface area contributed by atoms with Gasteiger partial charge >= 0.3 is 0 Å². The van der Waals surface area contributed by atoms with Crippen LogP contribution in [0.1, 0.15) is 12.0 Å². The van der Waals surface area contributed by atoms with Crippen molar-refractivity contribution in [3.8, 4) is 5.75 Å². The molecule has 0 aliphatic heterocycles. The van der Waals surface area contributed by atoms with Crippen LogP contribution in [-0.2, 0) is 15.6 Å². The average molecular weight is 313 g/mol. The number of rotatable bonds is 8. The van der Waals surface area contributed by atoms with Gasteiger partial charge in [0.15, 0.2) is 12.4 Å². The van der Waals surface area contributed by atoms with Gasteiger partial charge in [-0.3, -0.25) is 9.00 Å². The van der Waals surface area contributed by atoms with E-state index in [1.54, 1.807) is 30.5 Å². The molecule has 1 atom stereocenters. The predicted molar refractivity (Wildman–Crippen MR) is 81.0 cm³/mol. The van der Waals surface area contributed by atoms with Crippen molar-refractivity contribution in [3.05, 3.63) is 29.8 Å². The molecule has 8 heteroatoms. The van der Waals surface area contributed by atoms with Crippen LogP contribution in [0.5, 0.6) is 5.75 Å². The lowest BCUT2D eigenvalue weighted by atomic mass is 10.2. The number of nitrogens with one attached hydrogen (secondary N) is 1. The van der Waals surface area contributed by atoms with E-state index in [0.29, 0.717) is 30.0 Å². The van der Waals surface area contributed by atoms with Gasteiger partial charge in [0.1, 0.15) is 5.75 Å². The number of ether oxygens (including phenoxy) is 1. The molecule has 0 aromatic heterocycles. The molecule has 0 aliphatic carbocycles. The van der Waals surface area contributed by atoms with Crippen LogP contribution in [0.4, 0.5) is 0 Å². The zero-order valence-corrected chi connectivity index (χ0v) is 12.6. The lowest BCUT2D eigenvalue weighted by molar-refractivity contribution is -0.123. The largest absolute Gasteiger partial charge is 0.484 e. The second kappa shape index (κ2) is 8.96. The molecule has 116 valence electrons. The van der Waals surface area contributed by atoms with Crippen molar-refractivity contribution in [2.45, 2.75) is 6.42 Å². The summed E-state index contributed by atoms with van der Waals surface area (Å²) >= 11 is 0. The van der Waals surface area contributed by atoms with Crippen LogP contribution in [0.25, 0.3) is 0 Å². The third-order valence-electron chi connectivity index (χ3n) is 2.56. The fourth-order valence-electron chi connectivity index (χ4n) is 1.48. The molecule has 1 aromatic rings. The molecule has 21 heavy (non-hydrogen) atoms. The van der Waals surface area contributed by atoms with E-state index in [9.17, 15) is 9.00 Å². The van der Waals surface area contributed by atoms with Crippen molar-refractivity contribution in [1.82, 2.24) is 5.32 Å². The number of carbonyl (C=O) groups is 1. The summed E-state index contributed by atoms with van der Waals surface area (Å²) in [5.74, 6) is 0.843. The topological polar surface area (TPSA) is 114 Å². The summed E-state index contributed by atoms with van der Waals surface area (Å²) < 4.78 is 16.1. The molecule has 1 rings (SSSR count). The van der Waals surface area contributed by atoms with E-state index in [4.69, 9.17) is 15.7 Å². The Morgan fingerprint density at radius 3 is 2.67 bits per heavy atom.